The molecule has 0 aliphatic rings. The number of nitro benzene ring substituents is 1. The van der Waals surface area contributed by atoms with Gasteiger partial charge in [-0.3, -0.25) is 10.1 Å². The molecule has 0 fully saturated rings. The van der Waals surface area contributed by atoms with E-state index in [9.17, 15) is 27.3 Å². The number of hydrogen-bond donors (Lipinski definition) is 0. The van der Waals surface area contributed by atoms with Crippen molar-refractivity contribution in [2.45, 2.75) is 11.3 Å². The van der Waals surface area contributed by atoms with Crippen LogP contribution in [0, 0.1) is 10.1 Å². The van der Waals surface area contributed by atoms with Gasteiger partial charge >= 0.3 is 0 Å². The van der Waals surface area contributed by atoms with Crippen molar-refractivity contribution in [1.29, 1.82) is 0 Å². The van der Waals surface area contributed by atoms with Crippen LogP contribution in [0.3, 0.4) is 0 Å². The van der Waals surface area contributed by atoms with Crippen molar-refractivity contribution >= 4 is 37.0 Å². The van der Waals surface area contributed by atoms with Crippen molar-refractivity contribution in [2.75, 3.05) is 0 Å². The SMILES string of the molecule is O=[N+]([O-])c1cc(Cl)c(C(F)F)c(S(=O)(=O)Cl)c1. The fourth-order valence-electron chi connectivity index (χ4n) is 1.10. The third-order valence-corrected chi connectivity index (χ3v) is 3.44. The van der Waals surface area contributed by atoms with E-state index in [-0.39, 0.29) is 0 Å². The fraction of sp³-hybridized carbons (Fsp3) is 0.143. The Labute approximate surface area is 104 Å². The minimum atomic E-state index is -4.55. The smallest absolute Gasteiger partial charge is 0.258 e. The monoisotopic (exact) mass is 305 g/mol. The van der Waals surface area contributed by atoms with E-state index in [1.54, 1.807) is 0 Å². The van der Waals surface area contributed by atoms with Crippen LogP contribution in [0.1, 0.15) is 12.0 Å². The number of halogens is 4. The first kappa shape index (κ1) is 14.1. The molecule has 1 rings (SSSR count). The van der Waals surface area contributed by atoms with Crippen LogP contribution in [0.2, 0.25) is 5.02 Å². The highest BCUT2D eigenvalue weighted by atomic mass is 35.7. The lowest BCUT2D eigenvalue weighted by molar-refractivity contribution is -0.385. The van der Waals surface area contributed by atoms with Gasteiger partial charge in [0.25, 0.3) is 21.2 Å². The molecule has 5 nitrogen and oxygen atoms in total. The molecule has 1 aromatic carbocycles. The van der Waals surface area contributed by atoms with Gasteiger partial charge in [0, 0.05) is 22.8 Å². The lowest BCUT2D eigenvalue weighted by Crippen LogP contribution is -2.02. The van der Waals surface area contributed by atoms with Crippen molar-refractivity contribution in [3.8, 4) is 0 Å². The molecule has 94 valence electrons. The summed E-state index contributed by atoms with van der Waals surface area (Å²) in [5.74, 6) is 0. The summed E-state index contributed by atoms with van der Waals surface area (Å²) >= 11 is 5.37. The summed E-state index contributed by atoms with van der Waals surface area (Å²) in [5.41, 5.74) is -1.79. The Kier molecular flexibility index (Phi) is 3.90. The summed E-state index contributed by atoms with van der Waals surface area (Å²) in [6.45, 7) is 0. The zero-order valence-electron chi connectivity index (χ0n) is 7.73. The molecule has 0 unspecified atom stereocenters. The second-order valence-corrected chi connectivity index (χ2v) is 5.78. The van der Waals surface area contributed by atoms with E-state index in [0.717, 1.165) is 0 Å². The van der Waals surface area contributed by atoms with E-state index in [0.29, 0.717) is 12.1 Å². The highest BCUT2D eigenvalue weighted by molar-refractivity contribution is 8.13. The van der Waals surface area contributed by atoms with E-state index in [2.05, 4.69) is 0 Å². The van der Waals surface area contributed by atoms with Crippen molar-refractivity contribution in [3.63, 3.8) is 0 Å². The van der Waals surface area contributed by atoms with Crippen molar-refractivity contribution in [1.82, 2.24) is 0 Å². The van der Waals surface area contributed by atoms with Crippen LogP contribution in [0.4, 0.5) is 14.5 Å². The predicted molar refractivity (Wildman–Crippen MR) is 56.1 cm³/mol. The van der Waals surface area contributed by atoms with Gasteiger partial charge < -0.3 is 0 Å². The first-order valence-electron chi connectivity index (χ1n) is 3.85. The summed E-state index contributed by atoms with van der Waals surface area (Å²) < 4.78 is 47.2. The van der Waals surface area contributed by atoms with Gasteiger partial charge in [-0.25, -0.2) is 17.2 Å². The third-order valence-electron chi connectivity index (χ3n) is 1.77. The lowest BCUT2D eigenvalue weighted by atomic mass is 10.2. The predicted octanol–water partition coefficient (Wildman–Crippen LogP) is 3.11. The molecule has 0 saturated heterocycles. The molecule has 10 heteroatoms. The Balaban J connectivity index is 3.69. The maximum atomic E-state index is 12.6. The van der Waals surface area contributed by atoms with Gasteiger partial charge in [-0.05, 0) is 0 Å². The minimum Gasteiger partial charge on any atom is -0.258 e. The van der Waals surface area contributed by atoms with Crippen LogP contribution in [0.15, 0.2) is 17.0 Å². The summed E-state index contributed by atoms with van der Waals surface area (Å²) in [4.78, 5) is 8.41. The van der Waals surface area contributed by atoms with Gasteiger partial charge in [0.2, 0.25) is 0 Å². The maximum absolute atomic E-state index is 12.6. The first-order valence-corrected chi connectivity index (χ1v) is 6.54. The van der Waals surface area contributed by atoms with E-state index in [4.69, 9.17) is 22.3 Å². The maximum Gasteiger partial charge on any atom is 0.272 e. The highest BCUT2D eigenvalue weighted by Gasteiger charge is 2.28. The van der Waals surface area contributed by atoms with E-state index < -0.39 is 41.6 Å². The van der Waals surface area contributed by atoms with Crippen LogP contribution in [0.25, 0.3) is 0 Å². The lowest BCUT2D eigenvalue weighted by Gasteiger charge is -2.07. The van der Waals surface area contributed by atoms with E-state index >= 15 is 0 Å². The molecule has 0 heterocycles. The molecule has 0 aliphatic carbocycles. The molecular formula is C7H3Cl2F2NO4S. The molecule has 0 amide bonds. The minimum absolute atomic E-state index is 0.440. The van der Waals surface area contributed by atoms with Crippen LogP contribution in [-0.4, -0.2) is 13.3 Å². The molecular weight excluding hydrogens is 303 g/mol. The van der Waals surface area contributed by atoms with Gasteiger partial charge in [0.05, 0.1) is 20.4 Å². The van der Waals surface area contributed by atoms with Gasteiger partial charge in [0.15, 0.2) is 0 Å². The van der Waals surface area contributed by atoms with Gasteiger partial charge in [-0.15, -0.1) is 0 Å². The summed E-state index contributed by atoms with van der Waals surface area (Å²) in [5, 5.41) is 9.71. The second-order valence-electron chi connectivity index (χ2n) is 2.84. The normalized spacial score (nSPS) is 11.8. The summed E-state index contributed by atoms with van der Waals surface area (Å²) in [6.07, 6.45) is -3.22. The zero-order valence-corrected chi connectivity index (χ0v) is 10.1. The van der Waals surface area contributed by atoms with Crippen LogP contribution in [-0.2, 0) is 9.05 Å². The van der Waals surface area contributed by atoms with Crippen molar-refractivity contribution < 1.29 is 22.1 Å². The van der Waals surface area contributed by atoms with Crippen molar-refractivity contribution in [2.24, 2.45) is 0 Å². The quantitative estimate of drug-likeness (QED) is 0.488. The summed E-state index contributed by atoms with van der Waals surface area (Å²) in [6, 6.07) is 1.07. The Morgan fingerprint density at radius 1 is 1.35 bits per heavy atom. The number of non-ortho nitro benzene ring substituents is 1. The number of rotatable bonds is 3. The topological polar surface area (TPSA) is 77.3 Å². The number of nitrogens with zero attached hydrogens (tertiary/aromatic N) is 1. The average molecular weight is 306 g/mol. The standard InChI is InChI=1S/C7H3Cl2F2NO4S/c8-4-1-3(12(13)14)2-5(17(9,15)16)6(4)7(10)11/h1-2,7H. The summed E-state index contributed by atoms with van der Waals surface area (Å²) in [7, 11) is 0.360. The van der Waals surface area contributed by atoms with E-state index in [1.165, 1.54) is 0 Å². The number of hydrogen-bond acceptors (Lipinski definition) is 4. The van der Waals surface area contributed by atoms with Gasteiger partial charge in [0.1, 0.15) is 0 Å². The third kappa shape index (κ3) is 3.02. The molecule has 0 radical (unpaired) electrons. The van der Waals surface area contributed by atoms with Crippen LogP contribution < -0.4 is 0 Å². The molecule has 0 aliphatic heterocycles. The Morgan fingerprint density at radius 2 is 1.88 bits per heavy atom. The van der Waals surface area contributed by atoms with Gasteiger partial charge in [-0.2, -0.15) is 0 Å². The largest absolute Gasteiger partial charge is 0.272 e. The highest BCUT2D eigenvalue weighted by Crippen LogP contribution is 2.37. The molecule has 0 N–H and O–H groups in total. The fourth-order valence-corrected chi connectivity index (χ4v) is 2.56. The molecule has 17 heavy (non-hydrogen) atoms. The van der Waals surface area contributed by atoms with E-state index in [1.807, 2.05) is 0 Å². The van der Waals surface area contributed by atoms with Crippen molar-refractivity contribution in [3.05, 3.63) is 32.8 Å². The van der Waals surface area contributed by atoms with Crippen LogP contribution >= 0.6 is 22.3 Å². The second kappa shape index (κ2) is 4.71. The van der Waals surface area contributed by atoms with Gasteiger partial charge in [-0.1, -0.05) is 11.6 Å². The zero-order chi connectivity index (χ0) is 13.4. The Morgan fingerprint density at radius 3 is 2.24 bits per heavy atom. The molecule has 0 atom stereocenters. The Bertz CT molecular complexity index is 575. The molecule has 0 spiro atoms. The molecule has 1 aromatic rings. The average Bonchev–Trinajstić information content (AvgIpc) is 2.14. The Hall–Kier alpha value is -0.990. The number of benzene rings is 1. The number of alkyl halides is 2. The molecule has 0 bridgehead atoms. The number of nitro groups is 1. The first-order chi connectivity index (χ1) is 7.64. The van der Waals surface area contributed by atoms with Crippen LogP contribution in [0.5, 0.6) is 0 Å². The molecule has 0 aromatic heterocycles. The molecule has 0 saturated carbocycles.